The Morgan fingerprint density at radius 3 is 2.42 bits per heavy atom. The van der Waals surface area contributed by atoms with Gasteiger partial charge in [-0.1, -0.05) is 64.6 Å². The zero-order valence-electron chi connectivity index (χ0n) is 12.3. The lowest BCUT2D eigenvalue weighted by atomic mass is 10.1. The molecule has 0 radical (unpaired) electrons. The molecule has 0 atom stereocenters. The number of rotatable bonds is 2. The van der Waals surface area contributed by atoms with Gasteiger partial charge in [-0.15, -0.1) is 0 Å². The summed E-state index contributed by atoms with van der Waals surface area (Å²) in [4.78, 5) is 0. The number of hydrogen-bond acceptors (Lipinski definition) is 2. The minimum Gasteiger partial charge on any atom is -0.369 e. The van der Waals surface area contributed by atoms with E-state index in [9.17, 15) is 0 Å². The molecule has 1 aliphatic heterocycles. The van der Waals surface area contributed by atoms with E-state index in [0.717, 1.165) is 41.3 Å². The Morgan fingerprint density at radius 1 is 0.917 bits per heavy atom. The summed E-state index contributed by atoms with van der Waals surface area (Å²) in [5, 5.41) is 10.0. The molecular formula is C17H11Cl4N3. The predicted molar refractivity (Wildman–Crippen MR) is 101 cm³/mol. The van der Waals surface area contributed by atoms with Gasteiger partial charge >= 0.3 is 0 Å². The predicted octanol–water partition coefficient (Wildman–Crippen LogP) is 6.12. The Balaban J connectivity index is 1.96. The summed E-state index contributed by atoms with van der Waals surface area (Å²) in [5.74, 6) is 0.908. The fourth-order valence-electron chi connectivity index (χ4n) is 2.91. The molecule has 122 valence electrons. The number of benzene rings is 2. The molecule has 4 rings (SSSR count). The first-order valence-corrected chi connectivity index (χ1v) is 8.83. The van der Waals surface area contributed by atoms with Crippen molar-refractivity contribution >= 4 is 52.2 Å². The molecule has 1 aromatic heterocycles. The number of anilines is 1. The molecule has 3 aromatic rings. The first-order valence-electron chi connectivity index (χ1n) is 7.32. The molecule has 0 aliphatic carbocycles. The fourth-order valence-corrected chi connectivity index (χ4v) is 3.67. The number of halogens is 4. The Hall–Kier alpha value is -1.39. The molecule has 1 aliphatic rings. The minimum atomic E-state index is 0.460. The highest BCUT2D eigenvalue weighted by atomic mass is 35.5. The summed E-state index contributed by atoms with van der Waals surface area (Å²) in [6.07, 6.45) is 0.853. The van der Waals surface area contributed by atoms with Crippen LogP contribution in [0.4, 0.5) is 5.82 Å². The maximum Gasteiger partial charge on any atom is 0.133 e. The van der Waals surface area contributed by atoms with Gasteiger partial charge in [-0.3, -0.25) is 0 Å². The van der Waals surface area contributed by atoms with E-state index < -0.39 is 0 Å². The summed E-state index contributed by atoms with van der Waals surface area (Å²) in [7, 11) is 0. The molecule has 1 N–H and O–H groups in total. The minimum absolute atomic E-state index is 0.460. The number of hydrogen-bond donors (Lipinski definition) is 1. The molecule has 7 heteroatoms. The average Bonchev–Trinajstić information content (AvgIpc) is 3.16. The van der Waals surface area contributed by atoms with E-state index in [1.165, 1.54) is 0 Å². The molecule has 24 heavy (non-hydrogen) atoms. The van der Waals surface area contributed by atoms with Crippen molar-refractivity contribution in [2.24, 2.45) is 0 Å². The number of nitrogens with one attached hydrogen (secondary N) is 1. The van der Waals surface area contributed by atoms with E-state index in [2.05, 4.69) is 5.32 Å². The zero-order valence-corrected chi connectivity index (χ0v) is 15.3. The van der Waals surface area contributed by atoms with Crippen LogP contribution >= 0.6 is 46.4 Å². The van der Waals surface area contributed by atoms with Crippen LogP contribution in [-0.2, 0) is 6.42 Å². The molecule has 3 nitrogen and oxygen atoms in total. The molecule has 0 unspecified atom stereocenters. The lowest BCUT2D eigenvalue weighted by molar-refractivity contribution is 0.883. The van der Waals surface area contributed by atoms with Crippen LogP contribution in [0.25, 0.3) is 16.9 Å². The first kappa shape index (κ1) is 16.1. The number of fused-ring (bicyclic) bond motifs is 1. The summed E-state index contributed by atoms with van der Waals surface area (Å²) < 4.78 is 1.78. The van der Waals surface area contributed by atoms with Gasteiger partial charge in [0.05, 0.1) is 31.5 Å². The van der Waals surface area contributed by atoms with E-state index in [1.54, 1.807) is 16.8 Å². The third-order valence-corrected chi connectivity index (χ3v) is 5.64. The fraction of sp³-hybridized carbons (Fsp3) is 0.118. The van der Waals surface area contributed by atoms with Gasteiger partial charge in [0.1, 0.15) is 5.82 Å². The largest absolute Gasteiger partial charge is 0.369 e. The monoisotopic (exact) mass is 397 g/mol. The second-order valence-electron chi connectivity index (χ2n) is 5.44. The molecule has 0 saturated carbocycles. The van der Waals surface area contributed by atoms with Gasteiger partial charge in [-0.25, -0.2) is 4.68 Å². The van der Waals surface area contributed by atoms with Crippen LogP contribution in [0.15, 0.2) is 36.4 Å². The van der Waals surface area contributed by atoms with Crippen molar-refractivity contribution < 1.29 is 0 Å². The van der Waals surface area contributed by atoms with Crippen molar-refractivity contribution in [3.63, 3.8) is 0 Å². The maximum absolute atomic E-state index is 6.39. The van der Waals surface area contributed by atoms with Gasteiger partial charge in [-0.05, 0) is 24.6 Å². The Labute approximate surface area is 159 Å². The van der Waals surface area contributed by atoms with E-state index in [1.807, 2.05) is 24.3 Å². The van der Waals surface area contributed by atoms with Gasteiger partial charge < -0.3 is 5.32 Å². The van der Waals surface area contributed by atoms with Crippen LogP contribution in [0.1, 0.15) is 5.56 Å². The smallest absolute Gasteiger partial charge is 0.133 e. The highest BCUT2D eigenvalue weighted by molar-refractivity contribution is 6.44. The summed E-state index contributed by atoms with van der Waals surface area (Å²) in [5.41, 5.74) is 3.42. The molecule has 0 saturated heterocycles. The van der Waals surface area contributed by atoms with Crippen LogP contribution in [0.3, 0.4) is 0 Å². The van der Waals surface area contributed by atoms with Crippen molar-refractivity contribution in [1.82, 2.24) is 9.78 Å². The third kappa shape index (κ3) is 2.47. The van der Waals surface area contributed by atoms with Crippen molar-refractivity contribution in [2.75, 3.05) is 11.9 Å². The second-order valence-corrected chi connectivity index (χ2v) is 7.01. The molecule has 2 aromatic carbocycles. The van der Waals surface area contributed by atoms with Gasteiger partial charge in [0.2, 0.25) is 0 Å². The van der Waals surface area contributed by atoms with Crippen molar-refractivity contribution in [3.05, 3.63) is 62.1 Å². The molecule has 0 fully saturated rings. The molecule has 0 bridgehead atoms. The van der Waals surface area contributed by atoms with E-state index in [0.29, 0.717) is 20.1 Å². The van der Waals surface area contributed by atoms with Crippen molar-refractivity contribution in [3.8, 4) is 16.9 Å². The van der Waals surface area contributed by atoms with E-state index in [-0.39, 0.29) is 0 Å². The van der Waals surface area contributed by atoms with Gasteiger partial charge in [0.15, 0.2) is 0 Å². The maximum atomic E-state index is 6.39. The molecule has 0 amide bonds. The molecular weight excluding hydrogens is 388 g/mol. The third-order valence-electron chi connectivity index (χ3n) is 4.02. The van der Waals surface area contributed by atoms with Crippen molar-refractivity contribution in [2.45, 2.75) is 6.42 Å². The first-order chi connectivity index (χ1) is 11.6. The lowest BCUT2D eigenvalue weighted by Gasteiger charge is -2.09. The average molecular weight is 399 g/mol. The highest BCUT2D eigenvalue weighted by Gasteiger charge is 2.26. The summed E-state index contributed by atoms with van der Waals surface area (Å²) >= 11 is 25.1. The quantitative estimate of drug-likeness (QED) is 0.563. The van der Waals surface area contributed by atoms with Crippen LogP contribution in [-0.4, -0.2) is 16.3 Å². The van der Waals surface area contributed by atoms with Crippen LogP contribution in [0.5, 0.6) is 0 Å². The van der Waals surface area contributed by atoms with E-state index in [4.69, 9.17) is 51.5 Å². The Morgan fingerprint density at radius 2 is 1.62 bits per heavy atom. The standard InChI is InChI=1S/C17H11Cl4N3/c18-11-4-1-3-9(14(11)20)16-10-7-8-22-17(10)24(23-16)13-6-2-5-12(19)15(13)21/h1-6,22H,7-8H2. The van der Waals surface area contributed by atoms with Gasteiger partial charge in [-0.2, -0.15) is 5.10 Å². The molecule has 0 spiro atoms. The van der Waals surface area contributed by atoms with E-state index >= 15 is 0 Å². The van der Waals surface area contributed by atoms with Crippen molar-refractivity contribution in [1.29, 1.82) is 0 Å². The highest BCUT2D eigenvalue weighted by Crippen LogP contribution is 2.41. The van der Waals surface area contributed by atoms with Gasteiger partial charge in [0, 0.05) is 17.7 Å². The van der Waals surface area contributed by atoms with Crippen LogP contribution < -0.4 is 5.32 Å². The van der Waals surface area contributed by atoms with Crippen LogP contribution in [0.2, 0.25) is 20.1 Å². The second kappa shape index (κ2) is 6.16. The normalized spacial score (nSPS) is 13.0. The van der Waals surface area contributed by atoms with Crippen LogP contribution in [0, 0.1) is 0 Å². The number of nitrogens with zero attached hydrogens (tertiary/aromatic N) is 2. The number of aromatic nitrogens is 2. The van der Waals surface area contributed by atoms with Gasteiger partial charge in [0.25, 0.3) is 0 Å². The molecule has 2 heterocycles. The summed E-state index contributed by atoms with van der Waals surface area (Å²) in [6.45, 7) is 0.830. The summed E-state index contributed by atoms with van der Waals surface area (Å²) in [6, 6.07) is 11.0. The zero-order chi connectivity index (χ0) is 16.8. The Bertz CT molecular complexity index is 875. The lowest BCUT2D eigenvalue weighted by Crippen LogP contribution is -2.05. The SMILES string of the molecule is Clc1cccc(-c2nn(-c3cccc(Cl)c3Cl)c3c2CCN3)c1Cl. The topological polar surface area (TPSA) is 29.9 Å². The Kier molecular flexibility index (Phi) is 4.13.